The number of hydrogen-bond donors (Lipinski definition) is 0. The van der Waals surface area contributed by atoms with Gasteiger partial charge in [0.15, 0.2) is 0 Å². The molecule has 266 valence electrons. The predicted molar refractivity (Wildman–Crippen MR) is 193 cm³/mol. The van der Waals surface area contributed by atoms with Gasteiger partial charge in [-0.1, -0.05) is 119 Å². The molecule has 4 aromatic carbocycles. The van der Waals surface area contributed by atoms with Crippen molar-refractivity contribution in [1.29, 1.82) is 0 Å². The van der Waals surface area contributed by atoms with Crippen LogP contribution in [-0.4, -0.2) is 29.4 Å². The monoisotopic (exact) mass is 732 g/mol. The highest BCUT2D eigenvalue weighted by atomic mass is 32.3. The van der Waals surface area contributed by atoms with Gasteiger partial charge >= 0.3 is 21.1 Å². The van der Waals surface area contributed by atoms with Gasteiger partial charge in [0.1, 0.15) is 17.3 Å². The van der Waals surface area contributed by atoms with Gasteiger partial charge in [-0.15, -0.1) is 12.6 Å². The van der Waals surface area contributed by atoms with Crippen LogP contribution < -0.4 is 8.61 Å². The first-order valence-electron chi connectivity index (χ1n) is 15.5. The van der Waals surface area contributed by atoms with Crippen LogP contribution in [0.3, 0.4) is 0 Å². The lowest BCUT2D eigenvalue weighted by atomic mass is 9.78. The fraction of sp³-hybridized carbons (Fsp3) is 0.351. The number of halogens is 2. The van der Waals surface area contributed by atoms with E-state index in [0.717, 1.165) is 16.9 Å². The van der Waals surface area contributed by atoms with Crippen molar-refractivity contribution in [3.63, 3.8) is 0 Å². The van der Waals surface area contributed by atoms with Gasteiger partial charge in [0.05, 0.1) is 0 Å². The first-order valence-corrected chi connectivity index (χ1v) is 20.7. The number of hydrogen-bond acceptors (Lipinski definition) is 7. The second kappa shape index (κ2) is 16.2. The summed E-state index contributed by atoms with van der Waals surface area (Å²) in [4.78, 5) is 0. The number of benzene rings is 4. The van der Waals surface area contributed by atoms with Crippen molar-refractivity contribution in [3.8, 4) is 11.5 Å². The molecule has 49 heavy (non-hydrogen) atoms. The van der Waals surface area contributed by atoms with E-state index < -0.39 is 34.8 Å². The largest absolute Gasteiger partial charge is 0.544 e. The Balaban J connectivity index is 0.000000309. The van der Waals surface area contributed by atoms with Crippen LogP contribution in [0.2, 0.25) is 18.1 Å². The zero-order valence-corrected chi connectivity index (χ0v) is 32.3. The van der Waals surface area contributed by atoms with Crippen LogP contribution >= 0.6 is 0 Å². The lowest BCUT2D eigenvalue weighted by molar-refractivity contribution is 0.440. The Morgan fingerprint density at radius 2 is 0.898 bits per heavy atom. The van der Waals surface area contributed by atoms with Crippen molar-refractivity contribution in [2.24, 2.45) is 0 Å². The fourth-order valence-corrected chi connectivity index (χ4v) is 5.97. The maximum absolute atomic E-state index is 13.0. The summed E-state index contributed by atoms with van der Waals surface area (Å²) in [6, 6.07) is 29.7. The minimum Gasteiger partial charge on any atom is -0.544 e. The normalized spacial score (nSPS) is 12.1. The highest BCUT2D eigenvalue weighted by Crippen LogP contribution is 2.38. The molecule has 0 spiro atoms. The molecule has 0 aromatic heterocycles. The Labute approximate surface area is 292 Å². The van der Waals surface area contributed by atoms with Crippen molar-refractivity contribution in [2.75, 3.05) is 0 Å². The second-order valence-electron chi connectivity index (χ2n) is 14.2. The highest BCUT2D eigenvalue weighted by Gasteiger charge is 2.39. The lowest BCUT2D eigenvalue weighted by Gasteiger charge is -2.36. The molecule has 0 fully saturated rings. The third-order valence-corrected chi connectivity index (χ3v) is 13.6. The van der Waals surface area contributed by atoms with E-state index in [4.69, 9.17) is 17.1 Å². The van der Waals surface area contributed by atoms with Crippen molar-refractivity contribution in [2.45, 2.75) is 84.4 Å². The fourth-order valence-electron chi connectivity index (χ4n) is 4.60. The van der Waals surface area contributed by atoms with Gasteiger partial charge in [-0.3, -0.25) is 0 Å². The van der Waals surface area contributed by atoms with Crippen LogP contribution in [0.4, 0.5) is 8.28 Å². The van der Waals surface area contributed by atoms with Crippen molar-refractivity contribution >= 4 is 29.4 Å². The molecular weight excluding hydrogens is 687 g/mol. The lowest BCUT2D eigenvalue weighted by Crippen LogP contribution is -2.43. The molecule has 0 radical (unpaired) electrons. The van der Waals surface area contributed by atoms with E-state index in [1.165, 1.54) is 41.0 Å². The van der Waals surface area contributed by atoms with Gasteiger partial charge in [-0.05, 0) is 83.7 Å². The summed E-state index contributed by atoms with van der Waals surface area (Å²) in [5.74, 6) is 0.577. The van der Waals surface area contributed by atoms with Crippen molar-refractivity contribution < 1.29 is 37.9 Å². The van der Waals surface area contributed by atoms with Gasteiger partial charge in [0, 0.05) is 10.8 Å². The molecule has 0 aliphatic heterocycles. The third kappa shape index (κ3) is 12.5. The number of rotatable bonds is 8. The Bertz CT molecular complexity index is 1880. The summed E-state index contributed by atoms with van der Waals surface area (Å²) in [5, 5.41) is 0.215. The quantitative estimate of drug-likeness (QED) is 0.131. The van der Waals surface area contributed by atoms with Crippen LogP contribution in [0, 0.1) is 12.7 Å². The summed E-state index contributed by atoms with van der Waals surface area (Å²) >= 11 is 0. The first-order chi connectivity index (χ1) is 22.3. The van der Waals surface area contributed by atoms with E-state index in [9.17, 15) is 16.7 Å². The van der Waals surface area contributed by atoms with Crippen LogP contribution in [0.1, 0.15) is 76.3 Å². The smallest absolute Gasteiger partial charge is 0.488 e. The van der Waals surface area contributed by atoms with E-state index in [2.05, 4.69) is 107 Å². The van der Waals surface area contributed by atoms with Crippen molar-refractivity contribution in [3.05, 3.63) is 131 Å². The minimum absolute atomic E-state index is 0.0107. The predicted octanol–water partition coefficient (Wildman–Crippen LogP) is 9.45. The Morgan fingerprint density at radius 3 is 1.22 bits per heavy atom. The van der Waals surface area contributed by atoms with E-state index in [1.807, 2.05) is 13.8 Å². The summed E-state index contributed by atoms with van der Waals surface area (Å²) in [7, 11) is -9.91. The molecule has 0 amide bonds. The van der Waals surface area contributed by atoms with Gasteiger partial charge in [0.25, 0.3) is 0 Å². The second-order valence-corrected chi connectivity index (χ2v) is 20.3. The summed E-state index contributed by atoms with van der Waals surface area (Å²) < 4.78 is 82.1. The van der Waals surface area contributed by atoms with Crippen LogP contribution in [0.5, 0.6) is 11.5 Å². The molecule has 0 unspecified atom stereocenters. The molecule has 0 N–H and O–H groups in total. The molecular formula is C37H46F2O7S2Si. The van der Waals surface area contributed by atoms with Gasteiger partial charge in [0.2, 0.25) is 8.32 Å². The molecule has 0 bridgehead atoms. The van der Waals surface area contributed by atoms with E-state index >= 15 is 0 Å². The Kier molecular flexibility index (Phi) is 13.7. The number of aryl methyl sites for hydroxylation is 1. The summed E-state index contributed by atoms with van der Waals surface area (Å²) in [6.07, 6.45) is 0. The molecule has 12 heteroatoms. The SMILES string of the molecule is CC(C)(c1ccc(F)cc1)c1ccc(OS(=O)(=O)F)cc1.Cc1ccc(C(C)(C)c2ccc(O[Si](C)(C)C(C)(C)C)cc2)cc1.O=S(=O)=O. The maximum Gasteiger partial charge on any atom is 0.488 e. The molecule has 7 nitrogen and oxygen atoms in total. The topological polar surface area (TPSA) is 104 Å². The molecule has 0 aliphatic carbocycles. The average molecular weight is 733 g/mol. The average Bonchev–Trinajstić information content (AvgIpc) is 2.97. The van der Waals surface area contributed by atoms with E-state index in [1.54, 1.807) is 24.3 Å². The zero-order valence-electron chi connectivity index (χ0n) is 29.7. The van der Waals surface area contributed by atoms with Gasteiger partial charge in [-0.25, -0.2) is 4.39 Å². The van der Waals surface area contributed by atoms with E-state index in [0.29, 0.717) is 0 Å². The molecule has 0 aliphatic rings. The third-order valence-electron chi connectivity index (χ3n) is 8.87. The Hall–Kier alpha value is -3.87. The van der Waals surface area contributed by atoms with Crippen molar-refractivity contribution in [1.82, 2.24) is 0 Å². The molecule has 4 aromatic rings. The summed E-state index contributed by atoms with van der Waals surface area (Å²) in [6.45, 7) is 22.0. The maximum atomic E-state index is 13.0. The highest BCUT2D eigenvalue weighted by molar-refractivity contribution is 7.81. The standard InChI is InChI=1S/C22H32OSi.C15H14F2O3S.O3S/c1-17-9-11-18(12-10-17)22(5,6)19-13-15-20(16-14-19)23-24(7,8)21(2,3)4;1-15(2,11-3-7-13(16)8-4-11)12-5-9-14(10-6-12)20-21(17,18)19;1-4(2)3/h9-16H,1-8H3;3-10H,1-2H3;. The van der Waals surface area contributed by atoms with Crippen LogP contribution in [0.15, 0.2) is 97.1 Å². The zero-order chi connectivity index (χ0) is 37.4. The van der Waals surface area contributed by atoms with Gasteiger partial charge in [-0.2, -0.15) is 8.42 Å². The van der Waals surface area contributed by atoms with Crippen LogP contribution in [-0.2, 0) is 31.9 Å². The Morgan fingerprint density at radius 1 is 0.592 bits per heavy atom. The molecule has 0 heterocycles. The molecule has 0 saturated carbocycles. The molecule has 0 saturated heterocycles. The molecule has 0 atom stereocenters. The summed E-state index contributed by atoms with van der Waals surface area (Å²) in [5.41, 5.74) is 5.28. The van der Waals surface area contributed by atoms with Gasteiger partial charge < -0.3 is 8.61 Å². The first kappa shape index (κ1) is 41.3. The van der Waals surface area contributed by atoms with Crippen LogP contribution in [0.25, 0.3) is 0 Å². The molecule has 4 rings (SSSR count). The minimum atomic E-state index is -5.02. The van der Waals surface area contributed by atoms with E-state index in [-0.39, 0.29) is 22.0 Å².